The zero-order valence-corrected chi connectivity index (χ0v) is 17.2. The lowest BCUT2D eigenvalue weighted by Crippen LogP contribution is -2.30. The fraction of sp³-hybridized carbons (Fsp3) is 0.208. The highest BCUT2D eigenvalue weighted by atomic mass is 16.5. The number of aryl methyl sites for hydroxylation is 2. The first kappa shape index (κ1) is 21.0. The van der Waals surface area contributed by atoms with Gasteiger partial charge in [0.2, 0.25) is 0 Å². The molecule has 3 aromatic rings. The molecule has 0 spiro atoms. The third kappa shape index (κ3) is 5.03. The Morgan fingerprint density at radius 1 is 1.03 bits per heavy atom. The molecule has 0 aliphatic carbocycles. The molecule has 1 amide bonds. The molecule has 0 bridgehead atoms. The van der Waals surface area contributed by atoms with Gasteiger partial charge < -0.3 is 15.2 Å². The van der Waals surface area contributed by atoms with Crippen molar-refractivity contribution >= 4 is 11.9 Å². The number of carboxylic acids is 1. The van der Waals surface area contributed by atoms with Crippen molar-refractivity contribution in [2.45, 2.75) is 26.3 Å². The summed E-state index contributed by atoms with van der Waals surface area (Å²) in [6, 6.07) is 17.8. The molecule has 1 atom stereocenters. The lowest BCUT2D eigenvalue weighted by atomic mass is 10.0. The Hall–Kier alpha value is -3.67. The van der Waals surface area contributed by atoms with Crippen LogP contribution in [0.4, 0.5) is 0 Å². The van der Waals surface area contributed by atoms with E-state index in [0.717, 1.165) is 22.3 Å². The SMILES string of the molecule is COc1ccc(C(=O)NC(CC(=O)O)c2ccc(C)cc2)nc1-c1cccc(C)c1. The molecule has 3 rings (SSSR count). The molecular weight excluding hydrogens is 380 g/mol. The summed E-state index contributed by atoms with van der Waals surface area (Å²) in [6.07, 6.45) is -0.226. The van der Waals surface area contributed by atoms with Gasteiger partial charge in [-0.25, -0.2) is 4.98 Å². The van der Waals surface area contributed by atoms with Crippen molar-refractivity contribution in [2.75, 3.05) is 7.11 Å². The standard InChI is InChI=1S/C24H24N2O4/c1-15-7-9-17(10-8-15)20(14-22(27)28)26-24(29)19-11-12-21(30-3)23(25-19)18-6-4-5-16(2)13-18/h4-13,20H,14H2,1-3H3,(H,26,29)(H,27,28). The number of aliphatic carboxylic acids is 1. The summed E-state index contributed by atoms with van der Waals surface area (Å²) in [5.74, 6) is -0.889. The van der Waals surface area contributed by atoms with Crippen molar-refractivity contribution in [2.24, 2.45) is 0 Å². The minimum Gasteiger partial charge on any atom is -0.494 e. The van der Waals surface area contributed by atoms with Crippen LogP contribution < -0.4 is 10.1 Å². The number of amides is 1. The summed E-state index contributed by atoms with van der Waals surface area (Å²) < 4.78 is 5.42. The normalized spacial score (nSPS) is 11.6. The number of hydrogen-bond donors (Lipinski definition) is 2. The average Bonchev–Trinajstić information content (AvgIpc) is 2.73. The maximum Gasteiger partial charge on any atom is 0.305 e. The molecule has 30 heavy (non-hydrogen) atoms. The van der Waals surface area contributed by atoms with Gasteiger partial charge in [0.25, 0.3) is 5.91 Å². The zero-order valence-electron chi connectivity index (χ0n) is 17.2. The molecule has 2 N–H and O–H groups in total. The molecule has 6 nitrogen and oxygen atoms in total. The number of methoxy groups -OCH3 is 1. The molecule has 1 heterocycles. The van der Waals surface area contributed by atoms with E-state index in [9.17, 15) is 14.7 Å². The minimum atomic E-state index is -0.996. The van der Waals surface area contributed by atoms with Crippen molar-refractivity contribution in [3.8, 4) is 17.0 Å². The van der Waals surface area contributed by atoms with Crippen LogP contribution in [-0.2, 0) is 4.79 Å². The Kier molecular flexibility index (Phi) is 6.47. The quantitative estimate of drug-likeness (QED) is 0.612. The van der Waals surface area contributed by atoms with Crippen LogP contribution in [0.25, 0.3) is 11.3 Å². The van der Waals surface area contributed by atoms with E-state index in [2.05, 4.69) is 10.3 Å². The molecule has 154 valence electrons. The summed E-state index contributed by atoms with van der Waals surface area (Å²) in [5.41, 5.74) is 4.42. The summed E-state index contributed by atoms with van der Waals surface area (Å²) in [4.78, 5) is 28.8. The molecule has 0 radical (unpaired) electrons. The fourth-order valence-electron chi connectivity index (χ4n) is 3.19. The highest BCUT2D eigenvalue weighted by Gasteiger charge is 2.21. The summed E-state index contributed by atoms with van der Waals surface area (Å²) in [7, 11) is 1.55. The summed E-state index contributed by atoms with van der Waals surface area (Å²) in [6.45, 7) is 3.92. The van der Waals surface area contributed by atoms with E-state index in [1.165, 1.54) is 0 Å². The van der Waals surface area contributed by atoms with Crippen LogP contribution in [0.5, 0.6) is 5.75 Å². The Balaban J connectivity index is 1.92. The number of pyridine rings is 1. The lowest BCUT2D eigenvalue weighted by Gasteiger charge is -2.18. The van der Waals surface area contributed by atoms with Gasteiger partial charge in [-0.2, -0.15) is 0 Å². The van der Waals surface area contributed by atoms with E-state index in [-0.39, 0.29) is 12.1 Å². The van der Waals surface area contributed by atoms with Crippen molar-refractivity contribution < 1.29 is 19.4 Å². The third-order valence-corrected chi connectivity index (χ3v) is 4.77. The van der Waals surface area contributed by atoms with Crippen LogP contribution in [0.2, 0.25) is 0 Å². The van der Waals surface area contributed by atoms with Crippen LogP contribution in [0.1, 0.15) is 39.6 Å². The first-order chi connectivity index (χ1) is 14.4. The zero-order chi connectivity index (χ0) is 21.7. The van der Waals surface area contributed by atoms with Crippen molar-refractivity contribution in [3.05, 3.63) is 83.0 Å². The predicted octanol–water partition coefficient (Wildman–Crippen LogP) is 4.32. The number of carbonyl (C=O) groups is 2. The first-order valence-corrected chi connectivity index (χ1v) is 9.58. The average molecular weight is 404 g/mol. The number of hydrogen-bond acceptors (Lipinski definition) is 4. The van der Waals surface area contributed by atoms with Gasteiger partial charge >= 0.3 is 5.97 Å². The van der Waals surface area contributed by atoms with Crippen molar-refractivity contribution in [1.82, 2.24) is 10.3 Å². The van der Waals surface area contributed by atoms with E-state index in [1.54, 1.807) is 19.2 Å². The number of carboxylic acid groups (broad SMARTS) is 1. The van der Waals surface area contributed by atoms with Crippen LogP contribution in [0, 0.1) is 13.8 Å². The van der Waals surface area contributed by atoms with Gasteiger partial charge in [0.15, 0.2) is 0 Å². The number of rotatable bonds is 7. The predicted molar refractivity (Wildman–Crippen MR) is 115 cm³/mol. The summed E-state index contributed by atoms with van der Waals surface area (Å²) >= 11 is 0. The second kappa shape index (κ2) is 9.22. The van der Waals surface area contributed by atoms with E-state index in [0.29, 0.717) is 11.4 Å². The number of aromatic nitrogens is 1. The molecule has 1 aromatic heterocycles. The largest absolute Gasteiger partial charge is 0.494 e. The fourth-order valence-corrected chi connectivity index (χ4v) is 3.19. The smallest absolute Gasteiger partial charge is 0.305 e. The minimum absolute atomic E-state index is 0.190. The molecule has 0 saturated heterocycles. The number of nitrogens with one attached hydrogen (secondary N) is 1. The van der Waals surface area contributed by atoms with E-state index in [4.69, 9.17) is 4.74 Å². The van der Waals surface area contributed by atoms with E-state index < -0.39 is 17.9 Å². The highest BCUT2D eigenvalue weighted by molar-refractivity contribution is 5.93. The van der Waals surface area contributed by atoms with Crippen LogP contribution in [-0.4, -0.2) is 29.1 Å². The number of nitrogens with zero attached hydrogens (tertiary/aromatic N) is 1. The first-order valence-electron chi connectivity index (χ1n) is 9.58. The van der Waals surface area contributed by atoms with Crippen LogP contribution >= 0.6 is 0 Å². The third-order valence-electron chi connectivity index (χ3n) is 4.77. The maximum absolute atomic E-state index is 12.9. The molecule has 0 saturated carbocycles. The molecule has 2 aromatic carbocycles. The van der Waals surface area contributed by atoms with E-state index >= 15 is 0 Å². The Bertz CT molecular complexity index is 1060. The molecular formula is C24H24N2O4. The van der Waals surface area contributed by atoms with Gasteiger partial charge in [-0.05, 0) is 37.6 Å². The van der Waals surface area contributed by atoms with Gasteiger partial charge in [0.1, 0.15) is 17.1 Å². The molecule has 0 aliphatic heterocycles. The van der Waals surface area contributed by atoms with Crippen LogP contribution in [0.3, 0.4) is 0 Å². The molecule has 1 unspecified atom stereocenters. The lowest BCUT2D eigenvalue weighted by molar-refractivity contribution is -0.137. The number of benzene rings is 2. The number of carbonyl (C=O) groups excluding carboxylic acids is 1. The van der Waals surface area contributed by atoms with Crippen LogP contribution in [0.15, 0.2) is 60.7 Å². The van der Waals surface area contributed by atoms with Gasteiger partial charge in [-0.1, -0.05) is 53.6 Å². The topological polar surface area (TPSA) is 88.5 Å². The Labute approximate surface area is 175 Å². The summed E-state index contributed by atoms with van der Waals surface area (Å²) in [5, 5.41) is 12.1. The number of ether oxygens (including phenoxy) is 1. The highest BCUT2D eigenvalue weighted by Crippen LogP contribution is 2.29. The van der Waals surface area contributed by atoms with Crippen molar-refractivity contribution in [3.63, 3.8) is 0 Å². The van der Waals surface area contributed by atoms with E-state index in [1.807, 2.05) is 62.4 Å². The Morgan fingerprint density at radius 3 is 2.40 bits per heavy atom. The Morgan fingerprint density at radius 2 is 1.77 bits per heavy atom. The molecule has 0 fully saturated rings. The second-order valence-electron chi connectivity index (χ2n) is 7.15. The van der Waals surface area contributed by atoms with Gasteiger partial charge in [-0.3, -0.25) is 9.59 Å². The van der Waals surface area contributed by atoms with Gasteiger partial charge in [0.05, 0.1) is 19.6 Å². The monoisotopic (exact) mass is 404 g/mol. The van der Waals surface area contributed by atoms with Gasteiger partial charge in [0, 0.05) is 5.56 Å². The van der Waals surface area contributed by atoms with Crippen molar-refractivity contribution in [1.29, 1.82) is 0 Å². The second-order valence-corrected chi connectivity index (χ2v) is 7.15. The molecule has 0 aliphatic rings. The van der Waals surface area contributed by atoms with Gasteiger partial charge in [-0.15, -0.1) is 0 Å². The molecule has 6 heteroatoms. The maximum atomic E-state index is 12.9.